The van der Waals surface area contributed by atoms with Gasteiger partial charge in [0.1, 0.15) is 0 Å². The molecule has 0 spiro atoms. The van der Waals surface area contributed by atoms with Gasteiger partial charge in [0.25, 0.3) is 5.91 Å². The van der Waals surface area contributed by atoms with E-state index in [1.807, 2.05) is 30.3 Å². The van der Waals surface area contributed by atoms with E-state index >= 15 is 0 Å². The number of benzene rings is 2. The van der Waals surface area contributed by atoms with Crippen LogP contribution in [0.4, 0.5) is 0 Å². The number of carbonyl (C=O) groups excluding carboxylic acids is 2. The highest BCUT2D eigenvalue weighted by Crippen LogP contribution is 2.29. The number of ether oxygens (including phenoxy) is 2. The standard InChI is InChI=1S/C19H21N3O4/c1-25-16-10-6-9-15(19(16)26-2)12-21-22-18(24)13-20-17(23)11-14-7-4-3-5-8-14/h3-10,12H,11,13H2,1-2H3,(H,20,23)(H,22,24)/b21-12+. The van der Waals surface area contributed by atoms with Crippen LogP contribution in [-0.2, 0) is 16.0 Å². The van der Waals surface area contributed by atoms with Crippen LogP contribution in [0.1, 0.15) is 11.1 Å². The van der Waals surface area contributed by atoms with Crippen LogP contribution in [0.25, 0.3) is 0 Å². The molecule has 7 heteroatoms. The van der Waals surface area contributed by atoms with Crippen LogP contribution in [0, 0.1) is 0 Å². The Bertz CT molecular complexity index is 776. The lowest BCUT2D eigenvalue weighted by molar-refractivity contribution is -0.125. The lowest BCUT2D eigenvalue weighted by atomic mass is 10.1. The lowest BCUT2D eigenvalue weighted by Gasteiger charge is -2.09. The summed E-state index contributed by atoms with van der Waals surface area (Å²) in [6.07, 6.45) is 1.67. The maximum atomic E-state index is 11.8. The summed E-state index contributed by atoms with van der Waals surface area (Å²) in [6, 6.07) is 14.6. The van der Waals surface area contributed by atoms with Gasteiger partial charge in [0, 0.05) is 5.56 Å². The molecule has 0 unspecified atom stereocenters. The summed E-state index contributed by atoms with van der Waals surface area (Å²) >= 11 is 0. The summed E-state index contributed by atoms with van der Waals surface area (Å²) in [5.74, 6) is 0.425. The Morgan fingerprint density at radius 3 is 2.46 bits per heavy atom. The molecule has 0 saturated heterocycles. The minimum Gasteiger partial charge on any atom is -0.493 e. The normalized spacial score (nSPS) is 10.4. The van der Waals surface area contributed by atoms with Gasteiger partial charge in [-0.2, -0.15) is 5.10 Å². The molecular weight excluding hydrogens is 334 g/mol. The van der Waals surface area contributed by atoms with Crippen LogP contribution < -0.4 is 20.2 Å². The number of methoxy groups -OCH3 is 2. The highest BCUT2D eigenvalue weighted by atomic mass is 16.5. The molecule has 26 heavy (non-hydrogen) atoms. The minimum atomic E-state index is -0.426. The molecule has 0 aliphatic rings. The van der Waals surface area contributed by atoms with E-state index in [2.05, 4.69) is 15.8 Å². The van der Waals surface area contributed by atoms with E-state index in [4.69, 9.17) is 9.47 Å². The fourth-order valence-electron chi connectivity index (χ4n) is 2.25. The topological polar surface area (TPSA) is 89.0 Å². The number of hydrogen-bond donors (Lipinski definition) is 2. The van der Waals surface area contributed by atoms with Crippen molar-refractivity contribution in [2.24, 2.45) is 5.10 Å². The van der Waals surface area contributed by atoms with Crippen LogP contribution in [0.5, 0.6) is 11.5 Å². The summed E-state index contributed by atoms with van der Waals surface area (Å²) < 4.78 is 10.5. The highest BCUT2D eigenvalue weighted by molar-refractivity contribution is 5.88. The van der Waals surface area contributed by atoms with Gasteiger partial charge >= 0.3 is 0 Å². The Labute approximate surface area is 152 Å². The molecule has 136 valence electrons. The summed E-state index contributed by atoms with van der Waals surface area (Å²) in [5, 5.41) is 6.43. The molecule has 0 aliphatic heterocycles. The molecule has 0 heterocycles. The first-order valence-corrected chi connectivity index (χ1v) is 7.97. The Balaban J connectivity index is 1.81. The van der Waals surface area contributed by atoms with Crippen LogP contribution in [-0.4, -0.2) is 38.8 Å². The van der Waals surface area contributed by atoms with Crippen molar-refractivity contribution >= 4 is 18.0 Å². The van der Waals surface area contributed by atoms with Gasteiger partial charge in [-0.1, -0.05) is 36.4 Å². The zero-order valence-electron chi connectivity index (χ0n) is 14.7. The molecule has 0 saturated carbocycles. The number of para-hydroxylation sites is 1. The third-order valence-corrected chi connectivity index (χ3v) is 3.48. The molecule has 2 aromatic rings. The van der Waals surface area contributed by atoms with Crippen molar-refractivity contribution in [3.05, 3.63) is 59.7 Å². The van der Waals surface area contributed by atoms with E-state index in [-0.39, 0.29) is 18.9 Å². The first kappa shape index (κ1) is 19.0. The second-order valence-electron chi connectivity index (χ2n) is 5.32. The van der Waals surface area contributed by atoms with E-state index in [0.717, 1.165) is 5.56 Å². The molecule has 2 amide bonds. The number of carbonyl (C=O) groups is 2. The number of nitrogens with zero attached hydrogens (tertiary/aromatic N) is 1. The Hall–Kier alpha value is -3.35. The summed E-state index contributed by atoms with van der Waals surface area (Å²) in [7, 11) is 3.06. The van der Waals surface area contributed by atoms with E-state index in [1.165, 1.54) is 13.3 Å². The van der Waals surface area contributed by atoms with Gasteiger partial charge in [-0.25, -0.2) is 5.43 Å². The lowest BCUT2D eigenvalue weighted by Crippen LogP contribution is -2.35. The SMILES string of the molecule is COc1cccc(/C=N/NC(=O)CNC(=O)Cc2ccccc2)c1OC. The quantitative estimate of drug-likeness (QED) is 0.555. The first-order chi connectivity index (χ1) is 12.6. The molecule has 0 aromatic heterocycles. The highest BCUT2D eigenvalue weighted by Gasteiger charge is 2.08. The molecule has 2 rings (SSSR count). The number of rotatable bonds is 8. The van der Waals surface area contributed by atoms with Gasteiger partial charge in [-0.15, -0.1) is 0 Å². The Kier molecular flexibility index (Phi) is 7.17. The second-order valence-corrected chi connectivity index (χ2v) is 5.32. The van der Waals surface area contributed by atoms with Gasteiger partial charge in [-0.05, 0) is 17.7 Å². The third-order valence-electron chi connectivity index (χ3n) is 3.48. The zero-order valence-corrected chi connectivity index (χ0v) is 14.7. The number of hydrazone groups is 1. The van der Waals surface area contributed by atoms with Crippen molar-refractivity contribution in [2.45, 2.75) is 6.42 Å². The number of nitrogens with one attached hydrogen (secondary N) is 2. The van der Waals surface area contributed by atoms with Gasteiger partial charge in [0.15, 0.2) is 11.5 Å². The maximum Gasteiger partial charge on any atom is 0.259 e. The van der Waals surface area contributed by atoms with E-state index in [9.17, 15) is 9.59 Å². The molecule has 0 bridgehead atoms. The van der Waals surface area contributed by atoms with Crippen molar-refractivity contribution < 1.29 is 19.1 Å². The predicted molar refractivity (Wildman–Crippen MR) is 98.4 cm³/mol. The molecule has 0 atom stereocenters. The van der Waals surface area contributed by atoms with E-state index in [1.54, 1.807) is 25.3 Å². The summed E-state index contributed by atoms with van der Waals surface area (Å²) in [4.78, 5) is 23.6. The fourth-order valence-corrected chi connectivity index (χ4v) is 2.25. The van der Waals surface area contributed by atoms with Gasteiger partial charge < -0.3 is 14.8 Å². The largest absolute Gasteiger partial charge is 0.493 e. The van der Waals surface area contributed by atoms with Crippen LogP contribution in [0.3, 0.4) is 0 Å². The van der Waals surface area contributed by atoms with Crippen molar-refractivity contribution in [3.8, 4) is 11.5 Å². The van der Waals surface area contributed by atoms with Crippen LogP contribution in [0.15, 0.2) is 53.6 Å². The average molecular weight is 355 g/mol. The molecule has 0 aliphatic carbocycles. The van der Waals surface area contributed by atoms with Crippen molar-refractivity contribution in [1.29, 1.82) is 0 Å². The smallest absolute Gasteiger partial charge is 0.259 e. The summed E-state index contributed by atoms with van der Waals surface area (Å²) in [6.45, 7) is -0.155. The first-order valence-electron chi connectivity index (χ1n) is 7.97. The fraction of sp³-hybridized carbons (Fsp3) is 0.211. The zero-order chi connectivity index (χ0) is 18.8. The van der Waals surface area contributed by atoms with Gasteiger partial charge in [-0.3, -0.25) is 9.59 Å². The number of hydrogen-bond acceptors (Lipinski definition) is 5. The maximum absolute atomic E-state index is 11.8. The number of amides is 2. The van der Waals surface area contributed by atoms with E-state index < -0.39 is 5.91 Å². The Morgan fingerprint density at radius 2 is 1.77 bits per heavy atom. The Morgan fingerprint density at radius 1 is 1.00 bits per heavy atom. The summed E-state index contributed by atoms with van der Waals surface area (Å²) in [5.41, 5.74) is 3.89. The molecule has 7 nitrogen and oxygen atoms in total. The van der Waals surface area contributed by atoms with Crippen molar-refractivity contribution in [3.63, 3.8) is 0 Å². The third kappa shape index (κ3) is 5.62. The van der Waals surface area contributed by atoms with Crippen LogP contribution >= 0.6 is 0 Å². The second kappa shape index (κ2) is 9.83. The predicted octanol–water partition coefficient (Wildman–Crippen LogP) is 1.51. The molecular formula is C19H21N3O4. The minimum absolute atomic E-state index is 0.155. The molecule has 0 fully saturated rings. The van der Waals surface area contributed by atoms with Gasteiger partial charge in [0.05, 0.1) is 33.4 Å². The average Bonchev–Trinajstić information content (AvgIpc) is 2.67. The molecule has 2 N–H and O–H groups in total. The molecule has 0 radical (unpaired) electrons. The van der Waals surface area contributed by atoms with Crippen molar-refractivity contribution in [2.75, 3.05) is 20.8 Å². The monoisotopic (exact) mass is 355 g/mol. The van der Waals surface area contributed by atoms with Crippen LogP contribution in [0.2, 0.25) is 0 Å². The molecule has 2 aromatic carbocycles. The van der Waals surface area contributed by atoms with Gasteiger partial charge in [0.2, 0.25) is 5.91 Å². The van der Waals surface area contributed by atoms with Crippen molar-refractivity contribution in [1.82, 2.24) is 10.7 Å². The van der Waals surface area contributed by atoms with E-state index in [0.29, 0.717) is 17.1 Å².